The van der Waals surface area contributed by atoms with Crippen LogP contribution >= 0.6 is 0 Å². The van der Waals surface area contributed by atoms with Crippen molar-refractivity contribution in [2.45, 2.75) is 51.9 Å². The minimum Gasteiger partial charge on any atom is -0.445 e. The number of piperidine rings is 1. The van der Waals surface area contributed by atoms with Crippen LogP contribution in [0.5, 0.6) is 0 Å². The van der Waals surface area contributed by atoms with E-state index in [2.05, 4.69) is 31.1 Å². The first kappa shape index (κ1) is 11.6. The molecule has 1 aliphatic heterocycles. The monoisotopic (exact) mass is 222 g/mol. The minimum atomic E-state index is 0.438. The van der Waals surface area contributed by atoms with Gasteiger partial charge in [-0.3, -0.25) is 0 Å². The summed E-state index contributed by atoms with van der Waals surface area (Å²) in [6.07, 6.45) is 3.40. The number of nitrogens with one attached hydrogen (secondary N) is 1. The Morgan fingerprint density at radius 2 is 2.31 bits per heavy atom. The molecule has 0 bridgehead atoms. The van der Waals surface area contributed by atoms with Crippen LogP contribution in [0, 0.1) is 0 Å². The van der Waals surface area contributed by atoms with E-state index in [9.17, 15) is 0 Å². The lowest BCUT2D eigenvalue weighted by molar-refractivity contribution is 0.357. The molecule has 1 aliphatic rings. The second kappa shape index (κ2) is 5.00. The standard InChI is InChI=1S/C13H22N2O/c1-4-11-12(9(2)3)16-13(15-11)10-6-5-7-14-8-10/h9-10,14H,4-8H2,1-3H3. The van der Waals surface area contributed by atoms with Gasteiger partial charge in [-0.1, -0.05) is 20.8 Å². The first-order valence-corrected chi connectivity index (χ1v) is 6.42. The number of oxazole rings is 1. The molecule has 1 saturated heterocycles. The number of hydrogen-bond donors (Lipinski definition) is 1. The van der Waals surface area contributed by atoms with Crippen molar-refractivity contribution in [3.8, 4) is 0 Å². The second-order valence-corrected chi connectivity index (χ2v) is 4.91. The van der Waals surface area contributed by atoms with Crippen LogP contribution in [-0.2, 0) is 6.42 Å². The second-order valence-electron chi connectivity index (χ2n) is 4.91. The molecule has 3 heteroatoms. The van der Waals surface area contributed by atoms with Gasteiger partial charge in [0.25, 0.3) is 0 Å². The van der Waals surface area contributed by atoms with Gasteiger partial charge in [0.2, 0.25) is 0 Å². The molecule has 2 heterocycles. The Labute approximate surface area is 97.6 Å². The number of aromatic nitrogens is 1. The third-order valence-corrected chi connectivity index (χ3v) is 3.25. The van der Waals surface area contributed by atoms with Crippen LogP contribution in [0.25, 0.3) is 0 Å². The van der Waals surface area contributed by atoms with Gasteiger partial charge in [0, 0.05) is 18.4 Å². The van der Waals surface area contributed by atoms with Crippen molar-refractivity contribution >= 4 is 0 Å². The van der Waals surface area contributed by atoms with Crippen LogP contribution in [0.15, 0.2) is 4.42 Å². The van der Waals surface area contributed by atoms with Gasteiger partial charge < -0.3 is 9.73 Å². The van der Waals surface area contributed by atoms with Crippen molar-refractivity contribution in [3.05, 3.63) is 17.3 Å². The zero-order valence-electron chi connectivity index (χ0n) is 10.5. The number of nitrogens with zero attached hydrogens (tertiary/aromatic N) is 1. The molecule has 0 aromatic carbocycles. The lowest BCUT2D eigenvalue weighted by Crippen LogP contribution is -2.28. The predicted molar refractivity (Wildman–Crippen MR) is 64.8 cm³/mol. The third-order valence-electron chi connectivity index (χ3n) is 3.25. The lowest BCUT2D eigenvalue weighted by Gasteiger charge is -2.19. The Balaban J connectivity index is 2.20. The van der Waals surface area contributed by atoms with E-state index in [1.807, 2.05) is 0 Å². The smallest absolute Gasteiger partial charge is 0.199 e. The van der Waals surface area contributed by atoms with Crippen LogP contribution in [0.2, 0.25) is 0 Å². The third kappa shape index (κ3) is 2.29. The summed E-state index contributed by atoms with van der Waals surface area (Å²) in [4.78, 5) is 4.67. The fraction of sp³-hybridized carbons (Fsp3) is 0.769. The molecule has 1 aromatic rings. The van der Waals surface area contributed by atoms with E-state index < -0.39 is 0 Å². The first-order chi connectivity index (χ1) is 7.72. The van der Waals surface area contributed by atoms with Crippen LogP contribution in [0.1, 0.15) is 62.8 Å². The maximum Gasteiger partial charge on any atom is 0.199 e. The number of hydrogen-bond acceptors (Lipinski definition) is 3. The summed E-state index contributed by atoms with van der Waals surface area (Å²) in [5, 5.41) is 3.41. The van der Waals surface area contributed by atoms with E-state index in [-0.39, 0.29) is 0 Å². The van der Waals surface area contributed by atoms with E-state index in [0.717, 1.165) is 36.9 Å². The molecule has 0 saturated carbocycles. The molecule has 2 rings (SSSR count). The molecular formula is C13H22N2O. The van der Waals surface area contributed by atoms with E-state index in [0.29, 0.717) is 11.8 Å². The van der Waals surface area contributed by atoms with E-state index in [1.54, 1.807) is 0 Å². The highest BCUT2D eigenvalue weighted by Crippen LogP contribution is 2.28. The molecule has 0 aliphatic carbocycles. The number of aryl methyl sites for hydroxylation is 1. The topological polar surface area (TPSA) is 38.1 Å². The summed E-state index contributed by atoms with van der Waals surface area (Å²) in [7, 11) is 0. The van der Waals surface area contributed by atoms with Gasteiger partial charge in [0.15, 0.2) is 5.89 Å². The summed E-state index contributed by atoms with van der Waals surface area (Å²) >= 11 is 0. The molecule has 90 valence electrons. The van der Waals surface area contributed by atoms with Crippen molar-refractivity contribution < 1.29 is 4.42 Å². The zero-order chi connectivity index (χ0) is 11.5. The van der Waals surface area contributed by atoms with Crippen LogP contribution in [0.3, 0.4) is 0 Å². The van der Waals surface area contributed by atoms with Crippen molar-refractivity contribution in [1.82, 2.24) is 10.3 Å². The molecule has 1 fully saturated rings. The molecule has 1 atom stereocenters. The Bertz CT molecular complexity index is 338. The van der Waals surface area contributed by atoms with Gasteiger partial charge in [-0.2, -0.15) is 0 Å². The summed E-state index contributed by atoms with van der Waals surface area (Å²) in [6.45, 7) is 8.63. The van der Waals surface area contributed by atoms with Gasteiger partial charge >= 0.3 is 0 Å². The SMILES string of the molecule is CCc1nc(C2CCCNC2)oc1C(C)C. The number of rotatable bonds is 3. The molecule has 0 spiro atoms. The Morgan fingerprint density at radius 3 is 2.81 bits per heavy atom. The van der Waals surface area contributed by atoms with Crippen molar-refractivity contribution in [2.75, 3.05) is 13.1 Å². The van der Waals surface area contributed by atoms with Crippen molar-refractivity contribution in [1.29, 1.82) is 0 Å². The molecule has 3 nitrogen and oxygen atoms in total. The molecule has 0 amide bonds. The van der Waals surface area contributed by atoms with Gasteiger partial charge in [-0.05, 0) is 25.8 Å². The fourth-order valence-electron chi connectivity index (χ4n) is 2.32. The van der Waals surface area contributed by atoms with Gasteiger partial charge in [-0.15, -0.1) is 0 Å². The minimum absolute atomic E-state index is 0.438. The molecule has 1 unspecified atom stereocenters. The summed E-state index contributed by atoms with van der Waals surface area (Å²) < 4.78 is 5.96. The molecule has 16 heavy (non-hydrogen) atoms. The molecule has 1 N–H and O–H groups in total. The molecular weight excluding hydrogens is 200 g/mol. The maximum atomic E-state index is 5.96. The lowest BCUT2D eigenvalue weighted by atomic mass is 10.00. The quantitative estimate of drug-likeness (QED) is 0.854. The van der Waals surface area contributed by atoms with Crippen LogP contribution in [0.4, 0.5) is 0 Å². The molecule has 1 aromatic heterocycles. The van der Waals surface area contributed by atoms with Crippen molar-refractivity contribution in [3.63, 3.8) is 0 Å². The van der Waals surface area contributed by atoms with Gasteiger partial charge in [-0.25, -0.2) is 4.98 Å². The Morgan fingerprint density at radius 1 is 1.50 bits per heavy atom. The van der Waals surface area contributed by atoms with Gasteiger partial charge in [0.05, 0.1) is 5.69 Å². The zero-order valence-corrected chi connectivity index (χ0v) is 10.5. The fourth-order valence-corrected chi connectivity index (χ4v) is 2.32. The summed E-state index contributed by atoms with van der Waals surface area (Å²) in [5.41, 5.74) is 1.15. The van der Waals surface area contributed by atoms with Crippen LogP contribution < -0.4 is 5.32 Å². The summed E-state index contributed by atoms with van der Waals surface area (Å²) in [6, 6.07) is 0. The van der Waals surface area contributed by atoms with Crippen molar-refractivity contribution in [2.24, 2.45) is 0 Å². The summed E-state index contributed by atoms with van der Waals surface area (Å²) in [5.74, 6) is 2.95. The highest BCUT2D eigenvalue weighted by Gasteiger charge is 2.23. The predicted octanol–water partition coefficient (Wildman–Crippen LogP) is 2.83. The van der Waals surface area contributed by atoms with Gasteiger partial charge in [0.1, 0.15) is 5.76 Å². The van der Waals surface area contributed by atoms with E-state index in [4.69, 9.17) is 4.42 Å². The Kier molecular flexibility index (Phi) is 3.64. The molecule has 0 radical (unpaired) electrons. The maximum absolute atomic E-state index is 5.96. The average molecular weight is 222 g/mol. The average Bonchev–Trinajstić information content (AvgIpc) is 2.74. The highest BCUT2D eigenvalue weighted by atomic mass is 16.4. The van der Waals surface area contributed by atoms with Crippen LogP contribution in [-0.4, -0.2) is 18.1 Å². The normalized spacial score (nSPS) is 21.6. The Hall–Kier alpha value is -0.830. The van der Waals surface area contributed by atoms with E-state index in [1.165, 1.54) is 12.8 Å². The highest BCUT2D eigenvalue weighted by molar-refractivity contribution is 5.15. The first-order valence-electron chi connectivity index (χ1n) is 6.42. The largest absolute Gasteiger partial charge is 0.445 e. The van der Waals surface area contributed by atoms with E-state index >= 15 is 0 Å².